The van der Waals surface area contributed by atoms with Crippen LogP contribution >= 0.6 is 0 Å². The number of esters is 1. The third kappa shape index (κ3) is 2.96. The summed E-state index contributed by atoms with van der Waals surface area (Å²) >= 11 is 0. The number of ketones is 1. The Morgan fingerprint density at radius 2 is 1.65 bits per heavy atom. The lowest BCUT2D eigenvalue weighted by Gasteiger charge is -2.09. The Kier molecular flexibility index (Phi) is 4.35. The van der Waals surface area contributed by atoms with Crippen LogP contribution in [0.2, 0.25) is 0 Å². The number of Topliss-reactive ketones (excluding diaryl/α,β-unsaturated/α-hetero) is 1. The molecule has 0 aliphatic heterocycles. The first-order valence-corrected chi connectivity index (χ1v) is 6.32. The molecule has 0 aliphatic rings. The smallest absolute Gasteiger partial charge is 0.305 e. The van der Waals surface area contributed by atoms with E-state index in [1.165, 1.54) is 14.2 Å². The van der Waals surface area contributed by atoms with E-state index in [-0.39, 0.29) is 18.6 Å². The highest BCUT2D eigenvalue weighted by Crippen LogP contribution is 2.27. The predicted octanol–water partition coefficient (Wildman–Crippen LogP) is 2.98. The molecule has 0 heterocycles. The summed E-state index contributed by atoms with van der Waals surface area (Å²) < 4.78 is 9.81. The Labute approximate surface area is 117 Å². The minimum atomic E-state index is -0.391. The molecule has 2 aromatic rings. The van der Waals surface area contributed by atoms with Crippen LogP contribution in [0.25, 0.3) is 10.8 Å². The fourth-order valence-electron chi connectivity index (χ4n) is 2.06. The summed E-state index contributed by atoms with van der Waals surface area (Å²) in [6.45, 7) is 0. The summed E-state index contributed by atoms with van der Waals surface area (Å²) in [4.78, 5) is 23.3. The van der Waals surface area contributed by atoms with Crippen molar-refractivity contribution in [2.75, 3.05) is 14.2 Å². The van der Waals surface area contributed by atoms with E-state index >= 15 is 0 Å². The molecule has 0 saturated heterocycles. The zero-order valence-electron chi connectivity index (χ0n) is 11.5. The van der Waals surface area contributed by atoms with E-state index in [4.69, 9.17) is 4.74 Å². The summed E-state index contributed by atoms with van der Waals surface area (Å²) in [6.07, 6.45) is 0.187. The van der Waals surface area contributed by atoms with Crippen molar-refractivity contribution in [2.45, 2.75) is 12.8 Å². The molecule has 0 atom stereocenters. The van der Waals surface area contributed by atoms with E-state index in [0.29, 0.717) is 11.3 Å². The normalized spacial score (nSPS) is 10.3. The minimum Gasteiger partial charge on any atom is -0.496 e. The fourth-order valence-corrected chi connectivity index (χ4v) is 2.06. The van der Waals surface area contributed by atoms with Crippen molar-refractivity contribution in [1.82, 2.24) is 0 Å². The van der Waals surface area contributed by atoms with Crippen molar-refractivity contribution in [2.24, 2.45) is 0 Å². The molecule has 0 spiro atoms. The number of fused-ring (bicyclic) bond motifs is 1. The lowest BCUT2D eigenvalue weighted by molar-refractivity contribution is -0.140. The Morgan fingerprint density at radius 1 is 1.00 bits per heavy atom. The maximum Gasteiger partial charge on any atom is 0.305 e. The number of carbonyl (C=O) groups excluding carboxylic acids is 2. The molecule has 0 radical (unpaired) electrons. The van der Waals surface area contributed by atoms with Gasteiger partial charge >= 0.3 is 5.97 Å². The summed E-state index contributed by atoms with van der Waals surface area (Å²) in [5.41, 5.74) is 0.495. The lowest BCUT2D eigenvalue weighted by Crippen LogP contribution is -2.07. The van der Waals surface area contributed by atoms with Gasteiger partial charge in [0.1, 0.15) is 5.75 Å². The van der Waals surface area contributed by atoms with Crippen LogP contribution in [0.3, 0.4) is 0 Å². The molecule has 104 valence electrons. The maximum absolute atomic E-state index is 12.2. The van der Waals surface area contributed by atoms with Gasteiger partial charge in [0.05, 0.1) is 26.2 Å². The van der Waals surface area contributed by atoms with Crippen molar-refractivity contribution in [3.8, 4) is 5.75 Å². The Morgan fingerprint density at radius 3 is 2.25 bits per heavy atom. The number of benzene rings is 2. The lowest BCUT2D eigenvalue weighted by atomic mass is 10.0. The second kappa shape index (κ2) is 6.19. The van der Waals surface area contributed by atoms with Gasteiger partial charge in [-0.2, -0.15) is 0 Å². The molecule has 2 aromatic carbocycles. The van der Waals surface area contributed by atoms with Crippen LogP contribution in [0.1, 0.15) is 23.2 Å². The Bertz CT molecular complexity index is 646. The van der Waals surface area contributed by atoms with E-state index < -0.39 is 5.97 Å². The van der Waals surface area contributed by atoms with E-state index in [9.17, 15) is 9.59 Å². The van der Waals surface area contributed by atoms with Gasteiger partial charge in [-0.15, -0.1) is 0 Å². The Balaban J connectivity index is 2.32. The molecular weight excluding hydrogens is 256 g/mol. The van der Waals surface area contributed by atoms with Crippen LogP contribution in [0.15, 0.2) is 36.4 Å². The molecule has 0 amide bonds. The monoisotopic (exact) mass is 272 g/mol. The Hall–Kier alpha value is -2.36. The first-order chi connectivity index (χ1) is 9.65. The van der Waals surface area contributed by atoms with E-state index in [0.717, 1.165) is 10.8 Å². The molecular formula is C16H16O4. The van der Waals surface area contributed by atoms with E-state index in [2.05, 4.69) is 4.74 Å². The maximum atomic E-state index is 12.2. The van der Waals surface area contributed by atoms with Crippen LogP contribution in [0.4, 0.5) is 0 Å². The van der Waals surface area contributed by atoms with Crippen LogP contribution in [0, 0.1) is 0 Å². The third-order valence-corrected chi connectivity index (χ3v) is 3.15. The SMILES string of the molecule is COC(=O)CCC(=O)c1cc2ccccc2cc1OC. The van der Waals surface area contributed by atoms with Crippen molar-refractivity contribution < 1.29 is 19.1 Å². The van der Waals surface area contributed by atoms with Gasteiger partial charge in [-0.3, -0.25) is 9.59 Å². The van der Waals surface area contributed by atoms with Crippen LogP contribution in [-0.2, 0) is 9.53 Å². The summed E-state index contributed by atoms with van der Waals surface area (Å²) in [7, 11) is 2.84. The van der Waals surface area contributed by atoms with Crippen LogP contribution < -0.4 is 4.74 Å². The zero-order valence-corrected chi connectivity index (χ0v) is 11.5. The molecule has 4 nitrogen and oxygen atoms in total. The van der Waals surface area contributed by atoms with Gasteiger partial charge < -0.3 is 9.47 Å². The molecule has 0 aromatic heterocycles. The standard InChI is InChI=1S/C16H16O4/c1-19-15-10-12-6-4-3-5-11(12)9-13(15)14(17)7-8-16(18)20-2/h3-6,9-10H,7-8H2,1-2H3. The quantitative estimate of drug-likeness (QED) is 0.620. The summed E-state index contributed by atoms with van der Waals surface area (Å²) in [6, 6.07) is 11.4. The second-order valence-corrected chi connectivity index (χ2v) is 4.40. The number of ether oxygens (including phenoxy) is 2. The largest absolute Gasteiger partial charge is 0.496 e. The molecule has 0 aliphatic carbocycles. The second-order valence-electron chi connectivity index (χ2n) is 4.40. The highest BCUT2D eigenvalue weighted by atomic mass is 16.5. The highest BCUT2D eigenvalue weighted by molar-refractivity contribution is 6.03. The average Bonchev–Trinajstić information content (AvgIpc) is 2.50. The molecule has 0 saturated carbocycles. The van der Waals surface area contributed by atoms with Crippen LogP contribution in [-0.4, -0.2) is 26.0 Å². The molecule has 2 rings (SSSR count). The van der Waals surface area contributed by atoms with Gasteiger partial charge in [-0.1, -0.05) is 24.3 Å². The van der Waals surface area contributed by atoms with Crippen molar-refractivity contribution >= 4 is 22.5 Å². The molecule has 0 N–H and O–H groups in total. The zero-order chi connectivity index (χ0) is 14.5. The number of rotatable bonds is 5. The number of hydrogen-bond acceptors (Lipinski definition) is 4. The fraction of sp³-hybridized carbons (Fsp3) is 0.250. The summed E-state index contributed by atoms with van der Waals surface area (Å²) in [5.74, 6) is 0.00896. The molecule has 0 fully saturated rings. The van der Waals surface area contributed by atoms with Gasteiger partial charge in [0.2, 0.25) is 0 Å². The first-order valence-electron chi connectivity index (χ1n) is 6.32. The van der Waals surface area contributed by atoms with Gasteiger partial charge in [-0.25, -0.2) is 0 Å². The highest BCUT2D eigenvalue weighted by Gasteiger charge is 2.15. The van der Waals surface area contributed by atoms with Crippen molar-refractivity contribution in [1.29, 1.82) is 0 Å². The topological polar surface area (TPSA) is 52.6 Å². The predicted molar refractivity (Wildman–Crippen MR) is 76.1 cm³/mol. The van der Waals surface area contributed by atoms with Gasteiger partial charge in [-0.05, 0) is 22.9 Å². The van der Waals surface area contributed by atoms with Crippen molar-refractivity contribution in [3.05, 3.63) is 42.0 Å². The van der Waals surface area contributed by atoms with Crippen molar-refractivity contribution in [3.63, 3.8) is 0 Å². The summed E-state index contributed by atoms with van der Waals surface area (Å²) in [5, 5.41) is 1.98. The van der Waals surface area contributed by atoms with Crippen LogP contribution in [0.5, 0.6) is 5.75 Å². The van der Waals surface area contributed by atoms with Gasteiger partial charge in [0.15, 0.2) is 5.78 Å². The third-order valence-electron chi connectivity index (χ3n) is 3.15. The van der Waals surface area contributed by atoms with E-state index in [1.807, 2.05) is 30.3 Å². The number of hydrogen-bond donors (Lipinski definition) is 0. The number of methoxy groups -OCH3 is 2. The molecule has 4 heteroatoms. The first kappa shape index (κ1) is 14.1. The number of carbonyl (C=O) groups is 2. The van der Waals surface area contributed by atoms with Gasteiger partial charge in [0, 0.05) is 6.42 Å². The molecule has 0 unspecified atom stereocenters. The minimum absolute atomic E-state index is 0.0747. The van der Waals surface area contributed by atoms with Gasteiger partial charge in [0.25, 0.3) is 0 Å². The average molecular weight is 272 g/mol. The molecule has 0 bridgehead atoms. The molecule has 20 heavy (non-hydrogen) atoms. The van der Waals surface area contributed by atoms with E-state index in [1.54, 1.807) is 6.07 Å².